The lowest BCUT2D eigenvalue weighted by Gasteiger charge is -2.22. The molecule has 2 heterocycles. The van der Waals surface area contributed by atoms with Crippen molar-refractivity contribution in [1.29, 1.82) is 0 Å². The van der Waals surface area contributed by atoms with Gasteiger partial charge in [-0.25, -0.2) is 9.98 Å². The Bertz CT molecular complexity index is 1240. The van der Waals surface area contributed by atoms with E-state index in [2.05, 4.69) is 78.5 Å². The van der Waals surface area contributed by atoms with E-state index in [1.807, 2.05) is 0 Å². The highest BCUT2D eigenvalue weighted by Crippen LogP contribution is 2.29. The molecule has 0 amide bonds. The van der Waals surface area contributed by atoms with Gasteiger partial charge in [0.2, 0.25) is 0 Å². The number of aryl methyl sites for hydroxylation is 1. The molecule has 220 valence electrons. The van der Waals surface area contributed by atoms with Crippen molar-refractivity contribution in [1.82, 2.24) is 9.66 Å². The summed E-state index contributed by atoms with van der Waals surface area (Å²) in [5.41, 5.74) is 6.67. The molecule has 0 radical (unpaired) electrons. The Kier molecular flexibility index (Phi) is 12.1. The molecular weight excluding hydrogens is 494 g/mol. The van der Waals surface area contributed by atoms with Gasteiger partial charge in [-0.3, -0.25) is 4.79 Å². The molecule has 0 N–H and O–H groups in total. The highest BCUT2D eigenvalue weighted by molar-refractivity contribution is 6.49. The van der Waals surface area contributed by atoms with E-state index in [0.717, 1.165) is 92.0 Å². The lowest BCUT2D eigenvalue weighted by atomic mass is 9.91. The number of fused-ring (bicyclic) bond motifs is 1. The molecule has 0 bridgehead atoms. The van der Waals surface area contributed by atoms with Gasteiger partial charge >= 0.3 is 0 Å². The molecule has 0 saturated heterocycles. The first-order chi connectivity index (χ1) is 19.3. The van der Waals surface area contributed by atoms with Gasteiger partial charge in [0.05, 0.1) is 17.1 Å². The average Bonchev–Trinajstić information content (AvgIpc) is 3.30. The summed E-state index contributed by atoms with van der Waals surface area (Å²) in [7, 11) is 0. The molecule has 1 aliphatic rings. The van der Waals surface area contributed by atoms with Crippen LogP contribution < -0.4 is 10.5 Å². The first kappa shape index (κ1) is 31.8. The van der Waals surface area contributed by atoms with Gasteiger partial charge in [-0.2, -0.15) is 9.78 Å². The fraction of sp³-hybridized carbons (Fsp3) is 0.647. The number of benzene rings is 1. The van der Waals surface area contributed by atoms with Gasteiger partial charge in [-0.1, -0.05) is 73.1 Å². The summed E-state index contributed by atoms with van der Waals surface area (Å²) in [6.07, 6.45) is 10.9. The standard InChI is InChI=1S/C34H53N5O/c1-9-14-16-17-18-20-28-30(24(6)7)36-33-32(31(37-39(33)34(28)40)26(11-3)19-15-10-2)35-29-22-21-27(23-25(29)8)38(12-4)13-5/h21-24,26H,9-20H2,1-8H3. The lowest BCUT2D eigenvalue weighted by Crippen LogP contribution is -2.28. The first-order valence-corrected chi connectivity index (χ1v) is 16.0. The molecule has 0 spiro atoms. The maximum absolute atomic E-state index is 14.0. The minimum Gasteiger partial charge on any atom is -0.372 e. The van der Waals surface area contributed by atoms with Crippen LogP contribution >= 0.6 is 0 Å². The van der Waals surface area contributed by atoms with E-state index in [1.165, 1.54) is 24.9 Å². The highest BCUT2D eigenvalue weighted by Gasteiger charge is 2.33. The molecule has 6 nitrogen and oxygen atoms in total. The smallest absolute Gasteiger partial charge is 0.277 e. The zero-order valence-corrected chi connectivity index (χ0v) is 26.5. The summed E-state index contributed by atoms with van der Waals surface area (Å²) in [6, 6.07) is 6.48. The normalized spacial score (nSPS) is 14.6. The Morgan fingerprint density at radius 2 is 1.65 bits per heavy atom. The van der Waals surface area contributed by atoms with Crippen molar-refractivity contribution in [3.8, 4) is 0 Å². The third kappa shape index (κ3) is 7.30. The largest absolute Gasteiger partial charge is 0.372 e. The van der Waals surface area contributed by atoms with Gasteiger partial charge in [0, 0.05) is 30.3 Å². The maximum atomic E-state index is 14.0. The molecule has 1 aromatic heterocycles. The van der Waals surface area contributed by atoms with Crippen LogP contribution in [0.2, 0.25) is 0 Å². The fourth-order valence-corrected chi connectivity index (χ4v) is 5.73. The fourth-order valence-electron chi connectivity index (χ4n) is 5.73. The number of hydrogen-bond acceptors (Lipinski definition) is 5. The van der Waals surface area contributed by atoms with Crippen LogP contribution in [0.1, 0.15) is 135 Å². The van der Waals surface area contributed by atoms with Crippen LogP contribution in [-0.4, -0.2) is 34.2 Å². The van der Waals surface area contributed by atoms with Gasteiger partial charge < -0.3 is 4.90 Å². The molecule has 1 unspecified atom stereocenters. The number of aromatic nitrogens is 2. The number of unbranched alkanes of at least 4 members (excludes halogenated alkanes) is 5. The minimum absolute atomic E-state index is 0.00848. The van der Waals surface area contributed by atoms with Crippen LogP contribution in [-0.2, 0) is 6.42 Å². The summed E-state index contributed by atoms with van der Waals surface area (Å²) >= 11 is 0. The first-order valence-electron chi connectivity index (χ1n) is 16.0. The Balaban J connectivity index is 2.14. The Labute approximate surface area is 243 Å². The molecule has 40 heavy (non-hydrogen) atoms. The predicted octanol–water partition coefficient (Wildman–Crippen LogP) is 8.59. The topological polar surface area (TPSA) is 62.9 Å². The van der Waals surface area contributed by atoms with Crippen LogP contribution in [0, 0.1) is 12.8 Å². The van der Waals surface area contributed by atoms with Gasteiger partial charge in [0.25, 0.3) is 5.56 Å². The van der Waals surface area contributed by atoms with Crippen molar-refractivity contribution in [2.75, 3.05) is 18.0 Å². The van der Waals surface area contributed by atoms with E-state index in [9.17, 15) is 4.79 Å². The van der Waals surface area contributed by atoms with Crippen LogP contribution in [0.25, 0.3) is 0 Å². The van der Waals surface area contributed by atoms with Gasteiger partial charge in [-0.15, -0.1) is 0 Å². The second kappa shape index (κ2) is 15.3. The summed E-state index contributed by atoms with van der Waals surface area (Å²) in [6.45, 7) is 19.4. The monoisotopic (exact) mass is 547 g/mol. The summed E-state index contributed by atoms with van der Waals surface area (Å²) in [5.74, 6) is 1.02. The molecule has 3 rings (SSSR count). The number of hydrogen-bond donors (Lipinski definition) is 0. The molecule has 0 saturated carbocycles. The lowest BCUT2D eigenvalue weighted by molar-refractivity contribution is 0.568. The zero-order valence-electron chi connectivity index (χ0n) is 26.5. The SMILES string of the molecule is CCCCCCCc1c(C(C)C)nc2n(c1=O)N=C(C(CC)CCCC)C2=Nc1ccc(N(CC)CC)cc1C. The van der Waals surface area contributed by atoms with Crippen molar-refractivity contribution in [3.63, 3.8) is 0 Å². The zero-order chi connectivity index (χ0) is 29.2. The summed E-state index contributed by atoms with van der Waals surface area (Å²) < 4.78 is 1.58. The van der Waals surface area contributed by atoms with Crippen LogP contribution in [0.3, 0.4) is 0 Å². The molecule has 0 aliphatic carbocycles. The molecule has 1 aromatic carbocycles. The van der Waals surface area contributed by atoms with Crippen molar-refractivity contribution in [3.05, 3.63) is 51.2 Å². The Morgan fingerprint density at radius 1 is 0.950 bits per heavy atom. The van der Waals surface area contributed by atoms with Gasteiger partial charge in [0.15, 0.2) is 5.82 Å². The van der Waals surface area contributed by atoms with E-state index < -0.39 is 0 Å². The van der Waals surface area contributed by atoms with Gasteiger partial charge in [-0.05, 0) is 76.1 Å². The number of rotatable bonds is 16. The summed E-state index contributed by atoms with van der Waals surface area (Å²) in [5, 5.41) is 4.99. The van der Waals surface area contributed by atoms with E-state index in [-0.39, 0.29) is 17.4 Å². The number of aliphatic imine (C=N–C) groups is 1. The van der Waals surface area contributed by atoms with Crippen molar-refractivity contribution < 1.29 is 0 Å². The molecule has 1 atom stereocenters. The maximum Gasteiger partial charge on any atom is 0.277 e. The van der Waals surface area contributed by atoms with E-state index in [0.29, 0.717) is 5.82 Å². The predicted molar refractivity (Wildman–Crippen MR) is 172 cm³/mol. The Morgan fingerprint density at radius 3 is 2.25 bits per heavy atom. The number of nitrogens with zero attached hydrogens (tertiary/aromatic N) is 5. The van der Waals surface area contributed by atoms with E-state index in [1.54, 1.807) is 4.68 Å². The minimum atomic E-state index is -0.00848. The second-order valence-electron chi connectivity index (χ2n) is 11.6. The van der Waals surface area contributed by atoms with Crippen molar-refractivity contribution in [2.24, 2.45) is 16.0 Å². The molecule has 1 aliphatic heterocycles. The quantitative estimate of drug-likeness (QED) is 0.198. The molecular formula is C34H53N5O. The molecule has 2 aromatic rings. The van der Waals surface area contributed by atoms with E-state index >= 15 is 0 Å². The third-order valence-corrected chi connectivity index (χ3v) is 8.25. The third-order valence-electron chi connectivity index (χ3n) is 8.25. The van der Waals surface area contributed by atoms with Gasteiger partial charge in [0.1, 0.15) is 5.71 Å². The highest BCUT2D eigenvalue weighted by atomic mass is 16.1. The van der Waals surface area contributed by atoms with Crippen LogP contribution in [0.5, 0.6) is 0 Å². The summed E-state index contributed by atoms with van der Waals surface area (Å²) in [4.78, 5) is 26.7. The molecule has 0 fully saturated rings. The molecule has 6 heteroatoms. The second-order valence-corrected chi connectivity index (χ2v) is 11.6. The van der Waals surface area contributed by atoms with Crippen LogP contribution in [0.4, 0.5) is 11.4 Å². The van der Waals surface area contributed by atoms with Crippen molar-refractivity contribution in [2.45, 2.75) is 126 Å². The van der Waals surface area contributed by atoms with E-state index in [4.69, 9.17) is 15.1 Å². The average molecular weight is 548 g/mol. The Hall–Kier alpha value is -2.76. The van der Waals surface area contributed by atoms with Crippen LogP contribution in [0.15, 0.2) is 33.1 Å². The number of anilines is 1. The van der Waals surface area contributed by atoms with Crippen molar-refractivity contribution >= 4 is 22.8 Å².